The number of carbonyl (C=O) groups is 1. The lowest BCUT2D eigenvalue weighted by molar-refractivity contribution is -0.123. The van der Waals surface area contributed by atoms with E-state index in [1.165, 1.54) is 0 Å². The Hall–Kier alpha value is -0.160. The van der Waals surface area contributed by atoms with Gasteiger partial charge in [-0.15, -0.1) is 0 Å². The van der Waals surface area contributed by atoms with E-state index < -0.39 is 10.0 Å². The van der Waals surface area contributed by atoms with Gasteiger partial charge in [0.2, 0.25) is 15.9 Å². The van der Waals surface area contributed by atoms with Crippen LogP contribution in [-0.2, 0) is 4.79 Å². The molecule has 22 heavy (non-hydrogen) atoms. The second-order valence-corrected chi connectivity index (χ2v) is 8.16. The van der Waals surface area contributed by atoms with E-state index in [2.05, 4.69) is 28.2 Å². The quantitative estimate of drug-likeness (QED) is 0.330. The van der Waals surface area contributed by atoms with Gasteiger partial charge in [-0.1, -0.05) is 76.9 Å². The van der Waals surface area contributed by atoms with Crippen molar-refractivity contribution in [1.82, 2.24) is 5.32 Å². The van der Waals surface area contributed by atoms with E-state index in [4.69, 9.17) is 39.5 Å². The number of rotatable bonds is 8. The molecule has 0 aliphatic heterocycles. The smallest absolute Gasteiger partial charge is 0.246 e. The maximum Gasteiger partial charge on any atom is 0.246 e. The van der Waals surface area contributed by atoms with Gasteiger partial charge < -0.3 is 10.1 Å². The van der Waals surface area contributed by atoms with Gasteiger partial charge in [-0.2, -0.15) is 0 Å². The number of hydrogen-bond donors (Lipinski definition) is 1. The number of halogens is 4. The van der Waals surface area contributed by atoms with Crippen LogP contribution >= 0.6 is 50.7 Å². The second-order valence-electron chi connectivity index (χ2n) is 4.87. The predicted molar refractivity (Wildman–Crippen MR) is 95.7 cm³/mol. The van der Waals surface area contributed by atoms with Gasteiger partial charge in [0.25, 0.3) is 0 Å². The summed E-state index contributed by atoms with van der Waals surface area (Å²) in [6.45, 7) is 2.12. The number of nitrogens with one attached hydrogen (secondary N) is 1. The van der Waals surface area contributed by atoms with Crippen molar-refractivity contribution >= 4 is 56.6 Å². The Morgan fingerprint density at radius 1 is 1.23 bits per heavy atom. The molecule has 0 saturated carbocycles. The zero-order valence-corrected chi connectivity index (χ0v) is 16.1. The largest absolute Gasteiger partial charge is 0.466 e. The number of unbranched alkanes of at least 4 members (excludes halogenated alkanes) is 3. The summed E-state index contributed by atoms with van der Waals surface area (Å²) in [7, 11) is 0. The van der Waals surface area contributed by atoms with Crippen LogP contribution in [0.2, 0.25) is 0 Å². The fourth-order valence-corrected chi connectivity index (χ4v) is 2.32. The molecule has 1 amide bonds. The van der Waals surface area contributed by atoms with E-state index in [0.29, 0.717) is 12.2 Å². The number of ether oxygens (including phenoxy) is 1. The third-order valence-electron chi connectivity index (χ3n) is 2.91. The molecular weight excluding hydrogens is 412 g/mol. The minimum atomic E-state index is -1.76. The highest BCUT2D eigenvalue weighted by Gasteiger charge is 2.36. The van der Waals surface area contributed by atoms with Crippen molar-refractivity contribution in [2.24, 2.45) is 0 Å². The summed E-state index contributed by atoms with van der Waals surface area (Å²) < 4.78 is 4.73. The normalized spacial score (nSPS) is 12.8. The molecule has 1 unspecified atom stereocenters. The first kappa shape index (κ1) is 19.9. The number of carbonyl (C=O) groups excluding carboxylic acids is 1. The van der Waals surface area contributed by atoms with Crippen LogP contribution in [0.5, 0.6) is 5.75 Å². The van der Waals surface area contributed by atoms with Crippen LogP contribution in [0.4, 0.5) is 0 Å². The van der Waals surface area contributed by atoms with E-state index in [0.717, 1.165) is 30.2 Å². The van der Waals surface area contributed by atoms with Crippen LogP contribution < -0.4 is 10.1 Å². The SMILES string of the molecule is CCCCCCC(=O)NC(Oc1ccc(Br)cc1)C(Cl)(Cl)Cl. The molecule has 124 valence electrons. The molecule has 1 aromatic rings. The lowest BCUT2D eigenvalue weighted by Crippen LogP contribution is -2.47. The molecule has 0 aliphatic rings. The molecule has 0 aliphatic carbocycles. The Morgan fingerprint density at radius 2 is 1.86 bits per heavy atom. The molecule has 0 heterocycles. The monoisotopic (exact) mass is 429 g/mol. The number of alkyl halides is 3. The summed E-state index contributed by atoms with van der Waals surface area (Å²) >= 11 is 21.0. The van der Waals surface area contributed by atoms with Crippen molar-refractivity contribution in [3.05, 3.63) is 28.7 Å². The third kappa shape index (κ3) is 7.91. The Kier molecular flexibility index (Phi) is 8.91. The summed E-state index contributed by atoms with van der Waals surface area (Å²) in [4.78, 5) is 11.9. The maximum atomic E-state index is 11.9. The molecule has 0 radical (unpaired) electrons. The first-order chi connectivity index (χ1) is 10.3. The standard InChI is InChI=1S/C15H19BrCl3NO2/c1-2-3-4-5-6-13(21)20-14(15(17,18)19)22-12-9-7-11(16)8-10-12/h7-10,14H,2-6H2,1H3,(H,20,21). The van der Waals surface area contributed by atoms with Crippen molar-refractivity contribution in [3.63, 3.8) is 0 Å². The fourth-order valence-electron chi connectivity index (χ4n) is 1.76. The van der Waals surface area contributed by atoms with Gasteiger partial charge in [-0.3, -0.25) is 4.79 Å². The van der Waals surface area contributed by atoms with E-state index in [1.54, 1.807) is 24.3 Å². The average molecular weight is 432 g/mol. The van der Waals surface area contributed by atoms with E-state index in [1.807, 2.05) is 0 Å². The van der Waals surface area contributed by atoms with Gasteiger partial charge in [0.1, 0.15) is 5.75 Å². The minimum Gasteiger partial charge on any atom is -0.466 e. The van der Waals surface area contributed by atoms with Gasteiger partial charge in [-0.25, -0.2) is 0 Å². The molecule has 0 saturated heterocycles. The molecule has 3 nitrogen and oxygen atoms in total. The van der Waals surface area contributed by atoms with Crippen molar-refractivity contribution in [2.75, 3.05) is 0 Å². The molecule has 1 rings (SSSR count). The first-order valence-corrected chi connectivity index (χ1v) is 9.04. The molecule has 0 bridgehead atoms. The molecule has 1 atom stereocenters. The third-order valence-corrected chi connectivity index (χ3v) is 4.04. The van der Waals surface area contributed by atoms with Crippen LogP contribution in [0.25, 0.3) is 0 Å². The molecule has 1 aromatic carbocycles. The predicted octanol–water partition coefficient (Wildman–Crippen LogP) is 5.61. The summed E-state index contributed by atoms with van der Waals surface area (Å²) in [5.41, 5.74) is 0. The van der Waals surface area contributed by atoms with Crippen molar-refractivity contribution in [3.8, 4) is 5.75 Å². The number of benzene rings is 1. The average Bonchev–Trinajstić information content (AvgIpc) is 2.44. The van der Waals surface area contributed by atoms with Gasteiger partial charge >= 0.3 is 0 Å². The summed E-state index contributed by atoms with van der Waals surface area (Å²) in [5.74, 6) is 0.315. The molecule has 1 N–H and O–H groups in total. The Morgan fingerprint density at radius 3 is 2.41 bits per heavy atom. The van der Waals surface area contributed by atoms with Crippen molar-refractivity contribution in [2.45, 2.75) is 49.0 Å². The fraction of sp³-hybridized carbons (Fsp3) is 0.533. The van der Waals surface area contributed by atoms with Crippen LogP contribution in [0, 0.1) is 0 Å². The van der Waals surface area contributed by atoms with Crippen molar-refractivity contribution < 1.29 is 9.53 Å². The topological polar surface area (TPSA) is 38.3 Å². The van der Waals surface area contributed by atoms with Crippen LogP contribution in [-0.4, -0.2) is 15.9 Å². The van der Waals surface area contributed by atoms with Gasteiger partial charge in [0, 0.05) is 10.9 Å². The molecular formula is C15H19BrCl3NO2. The van der Waals surface area contributed by atoms with E-state index >= 15 is 0 Å². The van der Waals surface area contributed by atoms with Gasteiger partial charge in [-0.05, 0) is 30.7 Å². The lowest BCUT2D eigenvalue weighted by atomic mass is 10.1. The molecule has 7 heteroatoms. The zero-order chi connectivity index (χ0) is 16.6. The Labute approximate surface area is 154 Å². The highest BCUT2D eigenvalue weighted by atomic mass is 79.9. The maximum absolute atomic E-state index is 11.9. The second kappa shape index (κ2) is 9.86. The minimum absolute atomic E-state index is 0.190. The first-order valence-electron chi connectivity index (χ1n) is 7.11. The van der Waals surface area contributed by atoms with E-state index in [-0.39, 0.29) is 5.91 Å². The van der Waals surface area contributed by atoms with Crippen molar-refractivity contribution in [1.29, 1.82) is 0 Å². The van der Waals surface area contributed by atoms with Crippen LogP contribution in [0.1, 0.15) is 39.0 Å². The Bertz CT molecular complexity index is 463. The highest BCUT2D eigenvalue weighted by molar-refractivity contribution is 9.10. The summed E-state index contributed by atoms with van der Waals surface area (Å²) in [6, 6.07) is 7.05. The molecule has 0 fully saturated rings. The van der Waals surface area contributed by atoms with Crippen LogP contribution in [0.3, 0.4) is 0 Å². The lowest BCUT2D eigenvalue weighted by Gasteiger charge is -2.26. The summed E-state index contributed by atoms with van der Waals surface area (Å²) in [6.07, 6.45) is 3.39. The molecule has 0 spiro atoms. The van der Waals surface area contributed by atoms with Crippen LogP contribution in [0.15, 0.2) is 28.7 Å². The number of hydrogen-bond acceptors (Lipinski definition) is 2. The summed E-state index contributed by atoms with van der Waals surface area (Å²) in [5, 5.41) is 2.63. The molecule has 0 aromatic heterocycles. The highest BCUT2D eigenvalue weighted by Crippen LogP contribution is 2.32. The zero-order valence-electron chi connectivity index (χ0n) is 12.3. The number of amides is 1. The van der Waals surface area contributed by atoms with E-state index in [9.17, 15) is 4.79 Å². The van der Waals surface area contributed by atoms with Gasteiger partial charge in [0.15, 0.2) is 0 Å². The Balaban J connectivity index is 2.57. The van der Waals surface area contributed by atoms with Gasteiger partial charge in [0.05, 0.1) is 0 Å².